The minimum Gasteiger partial charge on any atom is -0.469 e. The quantitative estimate of drug-likeness (QED) is 0.745. The molecule has 144 valence electrons. The summed E-state index contributed by atoms with van der Waals surface area (Å²) in [4.78, 5) is 37.7. The highest BCUT2D eigenvalue weighted by molar-refractivity contribution is 5.98. The van der Waals surface area contributed by atoms with Crippen molar-refractivity contribution in [2.45, 2.75) is 26.8 Å². The monoisotopic (exact) mass is 370 g/mol. The Hall–Kier alpha value is -2.51. The Kier molecular flexibility index (Phi) is 7.67. The van der Waals surface area contributed by atoms with E-state index in [2.05, 4.69) is 10.1 Å². The van der Waals surface area contributed by atoms with E-state index in [0.29, 0.717) is 0 Å². The van der Waals surface area contributed by atoms with Gasteiger partial charge in [0, 0.05) is 13.6 Å². The number of ether oxygens (including phenoxy) is 1. The van der Waals surface area contributed by atoms with Crippen LogP contribution in [0.15, 0.2) is 18.2 Å². The number of hydrogen-bond acceptors (Lipinski definition) is 4. The van der Waals surface area contributed by atoms with Gasteiger partial charge in [-0.05, 0) is 18.1 Å². The maximum atomic E-state index is 13.8. The third-order valence-corrected chi connectivity index (χ3v) is 3.94. The fraction of sp³-hybridized carbons (Fsp3) is 0.500. The first-order valence-corrected chi connectivity index (χ1v) is 8.17. The number of methoxy groups -OCH3 is 1. The van der Waals surface area contributed by atoms with Crippen LogP contribution in [0.2, 0.25) is 0 Å². The minimum atomic E-state index is -1.01. The molecule has 1 aromatic carbocycles. The zero-order chi connectivity index (χ0) is 20.0. The summed E-state index contributed by atoms with van der Waals surface area (Å²) >= 11 is 0. The molecule has 0 aliphatic heterocycles. The number of carbonyl (C=O) groups is 3. The summed E-state index contributed by atoms with van der Waals surface area (Å²) in [5.41, 5.74) is -0.739. The van der Waals surface area contributed by atoms with Gasteiger partial charge in [0.15, 0.2) is 0 Å². The van der Waals surface area contributed by atoms with Crippen molar-refractivity contribution < 1.29 is 27.9 Å². The predicted molar refractivity (Wildman–Crippen MR) is 91.3 cm³/mol. The molecule has 0 radical (unpaired) electrons. The molecule has 0 saturated heterocycles. The molecule has 2 atom stereocenters. The van der Waals surface area contributed by atoms with Crippen molar-refractivity contribution in [3.8, 4) is 0 Å². The van der Waals surface area contributed by atoms with Gasteiger partial charge in [0.2, 0.25) is 5.91 Å². The van der Waals surface area contributed by atoms with Crippen molar-refractivity contribution in [2.75, 3.05) is 20.7 Å². The van der Waals surface area contributed by atoms with E-state index in [4.69, 9.17) is 0 Å². The van der Waals surface area contributed by atoms with E-state index in [1.165, 1.54) is 19.1 Å². The van der Waals surface area contributed by atoms with Crippen LogP contribution in [-0.4, -0.2) is 49.4 Å². The summed E-state index contributed by atoms with van der Waals surface area (Å²) in [7, 11) is 2.73. The Morgan fingerprint density at radius 3 is 2.15 bits per heavy atom. The molecule has 0 bridgehead atoms. The second kappa shape index (κ2) is 9.26. The van der Waals surface area contributed by atoms with Gasteiger partial charge in [-0.25, -0.2) is 8.78 Å². The highest BCUT2D eigenvalue weighted by Crippen LogP contribution is 2.14. The lowest BCUT2D eigenvalue weighted by molar-refractivity contribution is -0.146. The van der Waals surface area contributed by atoms with Crippen molar-refractivity contribution in [3.05, 3.63) is 35.4 Å². The van der Waals surface area contributed by atoms with E-state index >= 15 is 0 Å². The first kappa shape index (κ1) is 21.5. The second-order valence-electron chi connectivity index (χ2n) is 6.43. The number of halogens is 2. The van der Waals surface area contributed by atoms with Crippen molar-refractivity contribution in [1.29, 1.82) is 0 Å². The molecule has 1 N–H and O–H groups in total. The number of rotatable bonds is 7. The molecule has 2 amide bonds. The third-order valence-electron chi connectivity index (χ3n) is 3.94. The molecule has 1 rings (SSSR count). The Morgan fingerprint density at radius 1 is 1.15 bits per heavy atom. The van der Waals surface area contributed by atoms with Crippen molar-refractivity contribution >= 4 is 17.8 Å². The molecular formula is C18H24F2N2O4. The average Bonchev–Trinajstić information content (AvgIpc) is 2.57. The summed E-state index contributed by atoms with van der Waals surface area (Å²) < 4.78 is 32.1. The lowest BCUT2D eigenvalue weighted by atomic mass is 10.0. The molecule has 0 spiro atoms. The number of hydrogen-bond donors (Lipinski definition) is 1. The molecule has 0 aliphatic carbocycles. The van der Waals surface area contributed by atoms with Crippen molar-refractivity contribution in [1.82, 2.24) is 10.2 Å². The van der Waals surface area contributed by atoms with E-state index in [0.717, 1.165) is 18.2 Å². The molecule has 0 aliphatic rings. The SMILES string of the molecule is COC(=O)C(C)CN(C)C(=O)C(NC(=O)c1c(F)cccc1F)C(C)C. The minimum absolute atomic E-state index is 0.0820. The summed E-state index contributed by atoms with van der Waals surface area (Å²) in [6, 6.07) is 2.08. The molecule has 1 aromatic rings. The summed E-state index contributed by atoms with van der Waals surface area (Å²) in [6.07, 6.45) is 0. The summed E-state index contributed by atoms with van der Waals surface area (Å²) in [5.74, 6) is -4.86. The van der Waals surface area contributed by atoms with Crippen molar-refractivity contribution in [2.24, 2.45) is 11.8 Å². The van der Waals surface area contributed by atoms with Crippen LogP contribution in [0.3, 0.4) is 0 Å². The Balaban J connectivity index is 2.93. The van der Waals surface area contributed by atoms with Crippen molar-refractivity contribution in [3.63, 3.8) is 0 Å². The van der Waals surface area contributed by atoms with Crippen LogP contribution in [0.4, 0.5) is 8.78 Å². The number of esters is 1. The molecule has 2 unspecified atom stereocenters. The molecule has 0 heterocycles. The lowest BCUT2D eigenvalue weighted by Crippen LogP contribution is -2.51. The maximum Gasteiger partial charge on any atom is 0.310 e. The molecular weight excluding hydrogens is 346 g/mol. The highest BCUT2D eigenvalue weighted by atomic mass is 19.1. The van der Waals surface area contributed by atoms with Crippen LogP contribution in [0, 0.1) is 23.5 Å². The van der Waals surface area contributed by atoms with Crippen LogP contribution in [0.5, 0.6) is 0 Å². The Morgan fingerprint density at radius 2 is 1.69 bits per heavy atom. The van der Waals surface area contributed by atoms with Gasteiger partial charge < -0.3 is 15.0 Å². The summed E-state index contributed by atoms with van der Waals surface area (Å²) in [6.45, 7) is 5.07. The van der Waals surface area contributed by atoms with Gasteiger partial charge in [-0.1, -0.05) is 26.8 Å². The molecule has 0 fully saturated rings. The van der Waals surface area contributed by atoms with E-state index in [-0.39, 0.29) is 12.5 Å². The van der Waals surface area contributed by atoms with Crippen LogP contribution in [0.25, 0.3) is 0 Å². The summed E-state index contributed by atoms with van der Waals surface area (Å²) in [5, 5.41) is 2.39. The smallest absolute Gasteiger partial charge is 0.310 e. The Labute approximate surface area is 151 Å². The lowest BCUT2D eigenvalue weighted by Gasteiger charge is -2.28. The van der Waals surface area contributed by atoms with Gasteiger partial charge in [-0.2, -0.15) is 0 Å². The number of nitrogens with one attached hydrogen (secondary N) is 1. The average molecular weight is 370 g/mol. The fourth-order valence-corrected chi connectivity index (χ4v) is 2.46. The van der Waals surface area contributed by atoms with Crippen LogP contribution < -0.4 is 5.32 Å². The molecule has 6 nitrogen and oxygen atoms in total. The zero-order valence-electron chi connectivity index (χ0n) is 15.5. The highest BCUT2D eigenvalue weighted by Gasteiger charge is 2.30. The standard InChI is InChI=1S/C18H24F2N2O4/c1-10(2)15(17(24)22(4)9-11(3)18(25)26-5)21-16(23)14-12(19)7-6-8-13(14)20/h6-8,10-11,15H,9H2,1-5H3,(H,21,23). The van der Waals surface area contributed by atoms with Gasteiger partial charge in [0.05, 0.1) is 13.0 Å². The van der Waals surface area contributed by atoms with Gasteiger partial charge >= 0.3 is 5.97 Å². The third kappa shape index (κ3) is 5.24. The van der Waals surface area contributed by atoms with Crippen LogP contribution in [-0.2, 0) is 14.3 Å². The normalized spacial score (nSPS) is 13.1. The molecule has 0 saturated carbocycles. The molecule has 26 heavy (non-hydrogen) atoms. The van der Waals surface area contributed by atoms with E-state index in [1.54, 1.807) is 20.8 Å². The fourth-order valence-electron chi connectivity index (χ4n) is 2.46. The van der Waals surface area contributed by atoms with Gasteiger partial charge in [0.1, 0.15) is 23.2 Å². The number of likely N-dealkylation sites (N-methyl/N-ethyl adjacent to an activating group) is 1. The largest absolute Gasteiger partial charge is 0.469 e. The number of carbonyl (C=O) groups excluding carboxylic acids is 3. The van der Waals surface area contributed by atoms with Gasteiger partial charge in [-0.3, -0.25) is 14.4 Å². The number of amides is 2. The van der Waals surface area contributed by atoms with Crippen LogP contribution in [0.1, 0.15) is 31.1 Å². The second-order valence-corrected chi connectivity index (χ2v) is 6.43. The maximum absolute atomic E-state index is 13.8. The van der Waals surface area contributed by atoms with Gasteiger partial charge in [-0.15, -0.1) is 0 Å². The topological polar surface area (TPSA) is 75.7 Å². The number of benzene rings is 1. The predicted octanol–water partition coefficient (Wildman–Crippen LogP) is 1.99. The molecule has 8 heteroatoms. The molecule has 0 aromatic heterocycles. The number of nitrogens with zero attached hydrogens (tertiary/aromatic N) is 1. The Bertz CT molecular complexity index is 659. The van der Waals surface area contributed by atoms with Crippen LogP contribution >= 0.6 is 0 Å². The van der Waals surface area contributed by atoms with E-state index < -0.39 is 46.9 Å². The first-order chi connectivity index (χ1) is 12.1. The first-order valence-electron chi connectivity index (χ1n) is 8.17. The van der Waals surface area contributed by atoms with E-state index in [9.17, 15) is 23.2 Å². The van der Waals surface area contributed by atoms with Gasteiger partial charge in [0.25, 0.3) is 5.91 Å². The zero-order valence-corrected chi connectivity index (χ0v) is 15.5. The van der Waals surface area contributed by atoms with E-state index in [1.807, 2.05) is 0 Å².